The van der Waals surface area contributed by atoms with Crippen molar-refractivity contribution in [3.05, 3.63) is 59.9 Å². The number of piperazine rings is 1. The van der Waals surface area contributed by atoms with E-state index in [9.17, 15) is 9.59 Å². The van der Waals surface area contributed by atoms with E-state index in [-0.39, 0.29) is 11.8 Å². The average Bonchev–Trinajstić information content (AvgIpc) is 2.74. The first kappa shape index (κ1) is 18.8. The van der Waals surface area contributed by atoms with E-state index in [1.165, 1.54) is 4.90 Å². The zero-order valence-electron chi connectivity index (χ0n) is 15.5. The molecule has 1 aliphatic heterocycles. The second kappa shape index (κ2) is 9.14. The molecule has 142 valence electrons. The molecule has 0 spiro atoms. The normalized spacial score (nSPS) is 14.6. The molecule has 1 aliphatic rings. The molecule has 1 saturated heterocycles. The molecule has 1 aromatic heterocycles. The molecule has 0 bridgehead atoms. The first-order valence-electron chi connectivity index (χ1n) is 9.13. The SMILES string of the molecule is COc1ccccc1C(=O)N1CC[NH+](CCNC(=O)c2ccncc2)CC1. The fourth-order valence-corrected chi connectivity index (χ4v) is 3.23. The van der Waals surface area contributed by atoms with Crippen LogP contribution >= 0.6 is 0 Å². The largest absolute Gasteiger partial charge is 0.496 e. The molecule has 0 saturated carbocycles. The van der Waals surface area contributed by atoms with Crippen molar-refractivity contribution >= 4 is 11.8 Å². The molecule has 1 aromatic carbocycles. The summed E-state index contributed by atoms with van der Waals surface area (Å²) < 4.78 is 5.29. The molecule has 7 nitrogen and oxygen atoms in total. The summed E-state index contributed by atoms with van der Waals surface area (Å²) >= 11 is 0. The van der Waals surface area contributed by atoms with Gasteiger partial charge in [0.2, 0.25) is 0 Å². The predicted molar refractivity (Wildman–Crippen MR) is 101 cm³/mol. The van der Waals surface area contributed by atoms with Crippen LogP contribution in [0.1, 0.15) is 20.7 Å². The molecular formula is C20H25N4O3+. The number of nitrogens with zero attached hydrogens (tertiary/aromatic N) is 2. The molecule has 1 fully saturated rings. The van der Waals surface area contributed by atoms with Gasteiger partial charge in [0.1, 0.15) is 5.75 Å². The lowest BCUT2D eigenvalue weighted by atomic mass is 10.1. The first-order valence-corrected chi connectivity index (χ1v) is 9.13. The number of rotatable bonds is 6. The van der Waals surface area contributed by atoms with Crippen LogP contribution < -0.4 is 15.0 Å². The van der Waals surface area contributed by atoms with E-state index in [0.29, 0.717) is 36.5 Å². The second-order valence-corrected chi connectivity index (χ2v) is 6.48. The fourth-order valence-electron chi connectivity index (χ4n) is 3.23. The van der Waals surface area contributed by atoms with Crippen molar-refractivity contribution in [1.82, 2.24) is 15.2 Å². The number of pyridine rings is 1. The minimum absolute atomic E-state index is 0.0116. The van der Waals surface area contributed by atoms with Crippen LogP contribution in [-0.2, 0) is 0 Å². The third-order valence-electron chi connectivity index (χ3n) is 4.80. The number of aromatic nitrogens is 1. The summed E-state index contributed by atoms with van der Waals surface area (Å²) in [4.78, 5) is 31.9. The Kier molecular flexibility index (Phi) is 6.38. The summed E-state index contributed by atoms with van der Waals surface area (Å²) in [5.41, 5.74) is 1.22. The number of hydrogen-bond donors (Lipinski definition) is 2. The van der Waals surface area contributed by atoms with Crippen LogP contribution in [0.15, 0.2) is 48.8 Å². The van der Waals surface area contributed by atoms with E-state index in [1.807, 2.05) is 17.0 Å². The van der Waals surface area contributed by atoms with Gasteiger partial charge in [-0.3, -0.25) is 14.6 Å². The lowest BCUT2D eigenvalue weighted by Crippen LogP contribution is -3.15. The van der Waals surface area contributed by atoms with Crippen molar-refractivity contribution in [2.24, 2.45) is 0 Å². The second-order valence-electron chi connectivity index (χ2n) is 6.48. The van der Waals surface area contributed by atoms with Gasteiger partial charge in [-0.05, 0) is 24.3 Å². The van der Waals surface area contributed by atoms with Gasteiger partial charge in [-0.1, -0.05) is 12.1 Å². The Bertz CT molecular complexity index is 774. The van der Waals surface area contributed by atoms with Crippen molar-refractivity contribution in [2.45, 2.75) is 0 Å². The standard InChI is InChI=1S/C20H24N4O3/c1-27-18-5-3-2-4-17(18)20(26)24-14-12-23(13-15-24)11-10-22-19(25)16-6-8-21-9-7-16/h2-9H,10-15H2,1H3,(H,22,25)/p+1. The molecule has 0 atom stereocenters. The summed E-state index contributed by atoms with van der Waals surface area (Å²) in [5.74, 6) is 0.537. The minimum atomic E-state index is -0.0817. The van der Waals surface area contributed by atoms with Gasteiger partial charge in [0.05, 0.1) is 51.9 Å². The van der Waals surface area contributed by atoms with Gasteiger partial charge in [-0.15, -0.1) is 0 Å². The van der Waals surface area contributed by atoms with Crippen molar-refractivity contribution < 1.29 is 19.2 Å². The van der Waals surface area contributed by atoms with E-state index >= 15 is 0 Å². The monoisotopic (exact) mass is 369 g/mol. The third-order valence-corrected chi connectivity index (χ3v) is 4.80. The van der Waals surface area contributed by atoms with E-state index < -0.39 is 0 Å². The van der Waals surface area contributed by atoms with Gasteiger partial charge in [-0.2, -0.15) is 0 Å². The van der Waals surface area contributed by atoms with Gasteiger partial charge in [0.15, 0.2) is 0 Å². The van der Waals surface area contributed by atoms with Crippen LogP contribution in [0.4, 0.5) is 0 Å². The molecule has 3 rings (SSSR count). The van der Waals surface area contributed by atoms with Gasteiger partial charge in [0, 0.05) is 18.0 Å². The Labute approximate surface area is 158 Å². The maximum Gasteiger partial charge on any atom is 0.258 e. The molecule has 0 aliphatic carbocycles. The van der Waals surface area contributed by atoms with Crippen molar-refractivity contribution in [3.8, 4) is 5.75 Å². The van der Waals surface area contributed by atoms with Crippen LogP contribution in [0.2, 0.25) is 0 Å². The van der Waals surface area contributed by atoms with Gasteiger partial charge < -0.3 is 19.9 Å². The highest BCUT2D eigenvalue weighted by atomic mass is 16.5. The van der Waals surface area contributed by atoms with Crippen molar-refractivity contribution in [2.75, 3.05) is 46.4 Å². The quantitative estimate of drug-likeness (QED) is 0.743. The Morgan fingerprint density at radius 2 is 1.85 bits per heavy atom. The molecule has 2 amide bonds. The molecule has 2 N–H and O–H groups in total. The maximum absolute atomic E-state index is 12.7. The lowest BCUT2D eigenvalue weighted by molar-refractivity contribution is -0.902. The highest BCUT2D eigenvalue weighted by Gasteiger charge is 2.26. The molecular weight excluding hydrogens is 344 g/mol. The molecule has 0 unspecified atom stereocenters. The van der Waals surface area contributed by atoms with Gasteiger partial charge in [0.25, 0.3) is 11.8 Å². The lowest BCUT2D eigenvalue weighted by Gasteiger charge is -2.32. The number of carbonyl (C=O) groups excluding carboxylic acids is 2. The Hall–Kier alpha value is -2.93. The van der Waals surface area contributed by atoms with Crippen LogP contribution in [0.25, 0.3) is 0 Å². The Morgan fingerprint density at radius 1 is 1.15 bits per heavy atom. The summed E-state index contributed by atoms with van der Waals surface area (Å²) in [6.07, 6.45) is 3.22. The number of carbonyl (C=O) groups is 2. The topological polar surface area (TPSA) is 76.0 Å². The molecule has 2 heterocycles. The summed E-state index contributed by atoms with van der Waals surface area (Å²) in [7, 11) is 1.58. The third kappa shape index (κ3) is 4.83. The number of amides is 2. The molecule has 27 heavy (non-hydrogen) atoms. The Balaban J connectivity index is 1.44. The van der Waals surface area contributed by atoms with E-state index in [1.54, 1.807) is 43.8 Å². The van der Waals surface area contributed by atoms with E-state index in [0.717, 1.165) is 19.6 Å². The average molecular weight is 369 g/mol. The maximum atomic E-state index is 12.7. The fraction of sp³-hybridized carbons (Fsp3) is 0.350. The van der Waals surface area contributed by atoms with Gasteiger partial charge >= 0.3 is 0 Å². The number of ether oxygens (including phenoxy) is 1. The highest BCUT2D eigenvalue weighted by Crippen LogP contribution is 2.19. The zero-order valence-corrected chi connectivity index (χ0v) is 15.5. The molecule has 7 heteroatoms. The number of nitrogens with one attached hydrogen (secondary N) is 2. The smallest absolute Gasteiger partial charge is 0.258 e. The highest BCUT2D eigenvalue weighted by molar-refractivity contribution is 5.97. The molecule has 2 aromatic rings. The number of hydrogen-bond acceptors (Lipinski definition) is 4. The molecule has 0 radical (unpaired) electrons. The first-order chi connectivity index (χ1) is 13.2. The number of para-hydroxylation sites is 1. The van der Waals surface area contributed by atoms with Crippen LogP contribution in [-0.4, -0.2) is 68.1 Å². The predicted octanol–water partition coefficient (Wildman–Crippen LogP) is -0.139. The van der Waals surface area contributed by atoms with Gasteiger partial charge in [-0.25, -0.2) is 0 Å². The van der Waals surface area contributed by atoms with Crippen molar-refractivity contribution in [3.63, 3.8) is 0 Å². The summed E-state index contributed by atoms with van der Waals surface area (Å²) in [5, 5.41) is 2.94. The van der Waals surface area contributed by atoms with Crippen LogP contribution in [0.5, 0.6) is 5.75 Å². The summed E-state index contributed by atoms with van der Waals surface area (Å²) in [6, 6.07) is 10.7. The van der Waals surface area contributed by atoms with Crippen molar-refractivity contribution in [1.29, 1.82) is 0 Å². The zero-order chi connectivity index (χ0) is 19.1. The minimum Gasteiger partial charge on any atom is -0.496 e. The van der Waals surface area contributed by atoms with E-state index in [2.05, 4.69) is 10.3 Å². The number of quaternary nitrogens is 1. The van der Waals surface area contributed by atoms with Crippen LogP contribution in [0.3, 0.4) is 0 Å². The Morgan fingerprint density at radius 3 is 2.56 bits per heavy atom. The van der Waals surface area contributed by atoms with Crippen LogP contribution in [0, 0.1) is 0 Å². The number of methoxy groups -OCH3 is 1. The van der Waals surface area contributed by atoms with E-state index in [4.69, 9.17) is 4.74 Å². The number of benzene rings is 1. The summed E-state index contributed by atoms with van der Waals surface area (Å²) in [6.45, 7) is 4.58.